The zero-order chi connectivity index (χ0) is 14.5. The summed E-state index contributed by atoms with van der Waals surface area (Å²) in [6.07, 6.45) is 0. The van der Waals surface area contributed by atoms with Gasteiger partial charge in [-0.05, 0) is 18.2 Å². The third-order valence-electron chi connectivity index (χ3n) is 2.76. The molecule has 0 heterocycles. The van der Waals surface area contributed by atoms with Crippen molar-refractivity contribution in [3.05, 3.63) is 69.5 Å². The number of nitro benzene ring substituents is 1. The third-order valence-corrected chi connectivity index (χ3v) is 2.76. The number of nitro groups is 1. The highest BCUT2D eigenvalue weighted by Gasteiger charge is 2.12. The molecular weight excluding hydrogens is 261 g/mol. The average Bonchev–Trinajstić information content (AvgIpc) is 2.46. The van der Waals surface area contributed by atoms with Crippen LogP contribution >= 0.6 is 0 Å². The molecule has 20 heavy (non-hydrogen) atoms. The first-order valence-electron chi connectivity index (χ1n) is 5.77. The number of hydrogen-bond acceptors (Lipinski definition) is 4. The molecule has 2 aromatic carbocycles. The molecule has 0 atom stereocenters. The van der Waals surface area contributed by atoms with E-state index in [9.17, 15) is 14.5 Å². The van der Waals surface area contributed by atoms with Gasteiger partial charge in [0, 0.05) is 18.2 Å². The van der Waals surface area contributed by atoms with Gasteiger partial charge in [0.25, 0.3) is 5.69 Å². The summed E-state index contributed by atoms with van der Waals surface area (Å²) in [4.78, 5) is 10.4. The predicted octanol–water partition coefficient (Wildman–Crippen LogP) is 3.22. The van der Waals surface area contributed by atoms with Gasteiger partial charge in [-0.15, -0.1) is 0 Å². The van der Waals surface area contributed by atoms with E-state index in [1.807, 2.05) is 6.07 Å². The first-order chi connectivity index (χ1) is 9.61. The quantitative estimate of drug-likeness (QED) is 0.684. The van der Waals surface area contributed by atoms with Crippen molar-refractivity contribution in [3.63, 3.8) is 0 Å². The topological polar surface area (TPSA) is 79.0 Å². The Morgan fingerprint density at radius 2 is 2.05 bits per heavy atom. The summed E-state index contributed by atoms with van der Waals surface area (Å²) in [5.41, 5.74) is 1.09. The number of rotatable bonds is 4. The number of anilines is 1. The van der Waals surface area contributed by atoms with Gasteiger partial charge in [0.2, 0.25) is 0 Å². The minimum atomic E-state index is -0.502. The molecule has 1 N–H and O–H groups in total. The molecule has 0 saturated carbocycles. The number of benzene rings is 2. The van der Waals surface area contributed by atoms with Crippen LogP contribution in [-0.2, 0) is 6.54 Å². The molecule has 0 aliphatic heterocycles. The monoisotopic (exact) mass is 271 g/mol. The lowest BCUT2D eigenvalue weighted by Gasteiger charge is -2.08. The maximum atomic E-state index is 13.0. The highest BCUT2D eigenvalue weighted by molar-refractivity contribution is 5.58. The number of hydrogen-bond donors (Lipinski definition) is 1. The van der Waals surface area contributed by atoms with E-state index in [1.54, 1.807) is 18.2 Å². The number of halogens is 1. The molecule has 6 heteroatoms. The molecule has 0 bridgehead atoms. The van der Waals surface area contributed by atoms with E-state index in [0.717, 1.165) is 6.07 Å². The van der Waals surface area contributed by atoms with Crippen LogP contribution in [0.2, 0.25) is 0 Å². The van der Waals surface area contributed by atoms with Gasteiger partial charge in [-0.25, -0.2) is 4.39 Å². The van der Waals surface area contributed by atoms with E-state index in [0.29, 0.717) is 11.3 Å². The molecule has 0 radical (unpaired) electrons. The highest BCUT2D eigenvalue weighted by atomic mass is 19.1. The Morgan fingerprint density at radius 1 is 1.30 bits per heavy atom. The Labute approximate surface area is 114 Å². The second-order valence-electron chi connectivity index (χ2n) is 4.04. The van der Waals surface area contributed by atoms with Crippen LogP contribution in [0.4, 0.5) is 15.8 Å². The summed E-state index contributed by atoms with van der Waals surface area (Å²) < 4.78 is 13.0. The summed E-state index contributed by atoms with van der Waals surface area (Å²) in [5, 5.41) is 22.7. The van der Waals surface area contributed by atoms with Gasteiger partial charge >= 0.3 is 0 Å². The molecule has 0 saturated heterocycles. The van der Waals surface area contributed by atoms with Crippen LogP contribution in [0.1, 0.15) is 11.1 Å². The molecule has 0 aromatic heterocycles. The summed E-state index contributed by atoms with van der Waals surface area (Å²) in [6.45, 7) is 0.178. The van der Waals surface area contributed by atoms with Gasteiger partial charge in [0.15, 0.2) is 0 Å². The van der Waals surface area contributed by atoms with Crippen molar-refractivity contribution in [1.29, 1.82) is 5.26 Å². The average molecular weight is 271 g/mol. The fraction of sp³-hybridized carbons (Fsp3) is 0.0714. The van der Waals surface area contributed by atoms with Gasteiger partial charge in [0.1, 0.15) is 11.9 Å². The maximum absolute atomic E-state index is 13.0. The summed E-state index contributed by atoms with van der Waals surface area (Å²) in [6, 6.07) is 12.0. The van der Waals surface area contributed by atoms with Crippen molar-refractivity contribution in [2.75, 3.05) is 5.32 Å². The molecule has 100 valence electrons. The number of nitrogens with zero attached hydrogens (tertiary/aromatic N) is 2. The fourth-order valence-corrected chi connectivity index (χ4v) is 1.79. The van der Waals surface area contributed by atoms with Crippen molar-refractivity contribution < 1.29 is 9.31 Å². The van der Waals surface area contributed by atoms with E-state index >= 15 is 0 Å². The molecule has 0 fully saturated rings. The first kappa shape index (κ1) is 13.5. The van der Waals surface area contributed by atoms with E-state index in [4.69, 9.17) is 5.26 Å². The van der Waals surface area contributed by atoms with Crippen molar-refractivity contribution in [2.24, 2.45) is 0 Å². The molecular formula is C14H10FN3O2. The molecule has 2 aromatic rings. The highest BCUT2D eigenvalue weighted by Crippen LogP contribution is 2.21. The smallest absolute Gasteiger partial charge is 0.274 e. The lowest BCUT2D eigenvalue weighted by molar-refractivity contribution is -0.385. The summed E-state index contributed by atoms with van der Waals surface area (Å²) >= 11 is 0. The Kier molecular flexibility index (Phi) is 3.91. The zero-order valence-electron chi connectivity index (χ0n) is 10.3. The third kappa shape index (κ3) is 2.90. The van der Waals surface area contributed by atoms with Gasteiger partial charge in [0.05, 0.1) is 16.2 Å². The lowest BCUT2D eigenvalue weighted by Crippen LogP contribution is -2.04. The van der Waals surface area contributed by atoms with Gasteiger partial charge in [-0.3, -0.25) is 10.1 Å². The Hall–Kier alpha value is -2.94. The molecule has 0 spiro atoms. The van der Waals surface area contributed by atoms with Crippen molar-refractivity contribution in [3.8, 4) is 6.07 Å². The van der Waals surface area contributed by atoms with E-state index in [2.05, 4.69) is 5.32 Å². The lowest BCUT2D eigenvalue weighted by atomic mass is 10.1. The Bertz CT molecular complexity index is 695. The molecule has 0 amide bonds. The SMILES string of the molecule is N#Cc1cc(F)ccc1NCc1ccccc1[N+](=O)[O-]. The van der Waals surface area contributed by atoms with E-state index < -0.39 is 10.7 Å². The van der Waals surface area contributed by atoms with Crippen LogP contribution in [0.5, 0.6) is 0 Å². The number of para-hydroxylation sites is 1. The largest absolute Gasteiger partial charge is 0.380 e. The van der Waals surface area contributed by atoms with Crippen molar-refractivity contribution in [2.45, 2.75) is 6.54 Å². The molecule has 0 aliphatic rings. The normalized spacial score (nSPS) is 9.80. The van der Waals surface area contributed by atoms with Gasteiger partial charge in [-0.1, -0.05) is 18.2 Å². The molecule has 0 aliphatic carbocycles. The van der Waals surface area contributed by atoms with E-state index in [1.165, 1.54) is 18.2 Å². The molecule has 5 nitrogen and oxygen atoms in total. The van der Waals surface area contributed by atoms with Crippen molar-refractivity contribution >= 4 is 11.4 Å². The van der Waals surface area contributed by atoms with Crippen LogP contribution in [-0.4, -0.2) is 4.92 Å². The Balaban J connectivity index is 2.22. The molecule has 0 unspecified atom stereocenters. The number of nitrogens with one attached hydrogen (secondary N) is 1. The standard InChI is InChI=1S/C14H10FN3O2/c15-12-5-6-13(11(7-12)8-16)17-9-10-3-1-2-4-14(10)18(19)20/h1-7,17H,9H2. The minimum Gasteiger partial charge on any atom is -0.380 e. The number of nitriles is 1. The van der Waals surface area contributed by atoms with Crippen LogP contribution in [0.15, 0.2) is 42.5 Å². The second-order valence-corrected chi connectivity index (χ2v) is 4.04. The van der Waals surface area contributed by atoms with Gasteiger partial charge < -0.3 is 5.32 Å². The van der Waals surface area contributed by atoms with Crippen LogP contribution < -0.4 is 5.32 Å². The zero-order valence-corrected chi connectivity index (χ0v) is 10.3. The van der Waals surface area contributed by atoms with E-state index in [-0.39, 0.29) is 17.8 Å². The van der Waals surface area contributed by atoms with Gasteiger partial charge in [-0.2, -0.15) is 5.26 Å². The summed E-state index contributed by atoms with van der Waals surface area (Å²) in [5.74, 6) is -0.502. The maximum Gasteiger partial charge on any atom is 0.274 e. The predicted molar refractivity (Wildman–Crippen MR) is 71.5 cm³/mol. The minimum absolute atomic E-state index is 0.000573. The van der Waals surface area contributed by atoms with Crippen LogP contribution in [0.3, 0.4) is 0 Å². The fourth-order valence-electron chi connectivity index (χ4n) is 1.79. The second kappa shape index (κ2) is 5.80. The summed E-state index contributed by atoms with van der Waals surface area (Å²) in [7, 11) is 0. The van der Waals surface area contributed by atoms with Crippen molar-refractivity contribution in [1.82, 2.24) is 0 Å². The van der Waals surface area contributed by atoms with Crippen LogP contribution in [0, 0.1) is 27.3 Å². The molecule has 2 rings (SSSR count). The van der Waals surface area contributed by atoms with Crippen LogP contribution in [0.25, 0.3) is 0 Å². The Morgan fingerprint density at radius 3 is 2.75 bits per heavy atom. The first-order valence-corrected chi connectivity index (χ1v) is 5.77.